The summed E-state index contributed by atoms with van der Waals surface area (Å²) in [6.07, 6.45) is 0.424. The van der Waals surface area contributed by atoms with Crippen LogP contribution < -0.4 is 4.74 Å². The van der Waals surface area contributed by atoms with Crippen LogP contribution in [0.4, 0.5) is 4.39 Å². The topological polar surface area (TPSA) is 46.5 Å². The summed E-state index contributed by atoms with van der Waals surface area (Å²) in [4.78, 5) is 10.6. The second kappa shape index (κ2) is 5.12. The quantitative estimate of drug-likeness (QED) is 0.926. The smallest absolute Gasteiger partial charge is 0.344 e. The van der Waals surface area contributed by atoms with Crippen LogP contribution in [0.5, 0.6) is 5.75 Å². The molecule has 0 bridgehead atoms. The van der Waals surface area contributed by atoms with E-state index in [0.29, 0.717) is 5.56 Å². The predicted molar refractivity (Wildman–Crippen MR) is 61.9 cm³/mol. The van der Waals surface area contributed by atoms with Crippen molar-refractivity contribution in [3.05, 3.63) is 34.6 Å². The van der Waals surface area contributed by atoms with E-state index in [1.54, 1.807) is 0 Å². The normalized spacial score (nSPS) is 11.9. The van der Waals surface area contributed by atoms with Crippen molar-refractivity contribution in [1.82, 2.24) is 0 Å². The van der Waals surface area contributed by atoms with Gasteiger partial charge in [-0.15, -0.1) is 0 Å². The molecule has 86 valence electrons. The Morgan fingerprint density at radius 3 is 2.81 bits per heavy atom. The maximum atomic E-state index is 13.2. The third-order valence-corrected chi connectivity index (χ3v) is 2.53. The second-order valence-electron chi connectivity index (χ2n) is 3.11. The van der Waals surface area contributed by atoms with Crippen LogP contribution in [-0.4, -0.2) is 17.2 Å². The van der Waals surface area contributed by atoms with Crippen LogP contribution in [-0.2, 0) is 4.79 Å². The van der Waals surface area contributed by atoms with E-state index >= 15 is 0 Å². The Labute approximate surface area is 101 Å². The molecule has 0 unspecified atom stereocenters. The maximum absolute atomic E-state index is 13.2. The number of hydrogen-bond donors (Lipinski definition) is 1. The summed E-state index contributed by atoms with van der Waals surface area (Å²) >= 11 is 3.02. The van der Waals surface area contributed by atoms with Crippen LogP contribution in [0.3, 0.4) is 0 Å². The van der Waals surface area contributed by atoms with Gasteiger partial charge >= 0.3 is 5.97 Å². The molecule has 1 N–H and O–H groups in total. The number of carboxylic acids is 1. The van der Waals surface area contributed by atoms with Crippen LogP contribution in [0.1, 0.15) is 12.5 Å². The van der Waals surface area contributed by atoms with Gasteiger partial charge in [0.15, 0.2) is 6.10 Å². The Kier molecular flexibility index (Phi) is 4.06. The van der Waals surface area contributed by atoms with E-state index < -0.39 is 17.9 Å². The molecule has 0 spiro atoms. The molecule has 0 fully saturated rings. The van der Waals surface area contributed by atoms with Crippen molar-refractivity contribution in [3.63, 3.8) is 0 Å². The first kappa shape index (κ1) is 12.7. The van der Waals surface area contributed by atoms with Crippen LogP contribution in [0.25, 0.3) is 6.08 Å². The van der Waals surface area contributed by atoms with Crippen LogP contribution in [0, 0.1) is 5.82 Å². The molecule has 1 rings (SSSR count). The van der Waals surface area contributed by atoms with Gasteiger partial charge in [0.1, 0.15) is 11.6 Å². The molecule has 16 heavy (non-hydrogen) atoms. The molecule has 1 aromatic rings. The maximum Gasteiger partial charge on any atom is 0.344 e. The highest BCUT2D eigenvalue weighted by Crippen LogP contribution is 2.28. The summed E-state index contributed by atoms with van der Waals surface area (Å²) in [5.41, 5.74) is 0.529. The lowest BCUT2D eigenvalue weighted by Gasteiger charge is -2.13. The Hall–Kier alpha value is -1.36. The Bertz CT molecular complexity index is 431. The lowest BCUT2D eigenvalue weighted by Crippen LogP contribution is -2.23. The average Bonchev–Trinajstić information content (AvgIpc) is 2.22. The zero-order chi connectivity index (χ0) is 12.3. The minimum Gasteiger partial charge on any atom is -0.479 e. The minimum absolute atomic E-state index is 0.158. The van der Waals surface area contributed by atoms with Gasteiger partial charge < -0.3 is 9.84 Å². The van der Waals surface area contributed by atoms with Crippen molar-refractivity contribution in [2.24, 2.45) is 0 Å². The number of aliphatic carboxylic acids is 1. The summed E-state index contributed by atoms with van der Waals surface area (Å²) in [6.45, 7) is 4.91. The van der Waals surface area contributed by atoms with E-state index in [0.717, 1.165) is 6.07 Å². The first-order valence-electron chi connectivity index (χ1n) is 4.46. The molecule has 0 saturated heterocycles. The molecule has 0 aliphatic rings. The third kappa shape index (κ3) is 2.82. The molecule has 3 nitrogen and oxygen atoms in total. The Balaban J connectivity index is 3.07. The van der Waals surface area contributed by atoms with Gasteiger partial charge in [0.25, 0.3) is 0 Å². The number of rotatable bonds is 4. The molecular formula is C11H10BrFO3. The van der Waals surface area contributed by atoms with Crippen molar-refractivity contribution in [2.45, 2.75) is 13.0 Å². The highest BCUT2D eigenvalue weighted by molar-refractivity contribution is 9.10. The van der Waals surface area contributed by atoms with E-state index in [-0.39, 0.29) is 10.2 Å². The highest BCUT2D eigenvalue weighted by atomic mass is 79.9. The molecule has 0 heterocycles. The van der Waals surface area contributed by atoms with Crippen LogP contribution in [0.2, 0.25) is 0 Å². The summed E-state index contributed by atoms with van der Waals surface area (Å²) in [6, 6.07) is 2.60. The number of carbonyl (C=O) groups is 1. The van der Waals surface area contributed by atoms with Gasteiger partial charge in [0, 0.05) is 11.6 Å². The standard InChI is InChI=1S/C11H10BrFO3/c1-3-7-4-8(12)9(13)5-10(7)16-6(2)11(14)15/h3-6H,1H2,2H3,(H,14,15)/t6-/m0/s1. The fraction of sp³-hybridized carbons (Fsp3) is 0.182. The zero-order valence-corrected chi connectivity index (χ0v) is 10.1. The predicted octanol–water partition coefficient (Wildman–Crippen LogP) is 3.08. The van der Waals surface area contributed by atoms with Crippen molar-refractivity contribution in [1.29, 1.82) is 0 Å². The van der Waals surface area contributed by atoms with Gasteiger partial charge in [0.05, 0.1) is 4.47 Å². The average molecular weight is 289 g/mol. The summed E-state index contributed by atoms with van der Waals surface area (Å²) in [7, 11) is 0. The van der Waals surface area contributed by atoms with Crippen molar-refractivity contribution >= 4 is 28.0 Å². The lowest BCUT2D eigenvalue weighted by molar-refractivity contribution is -0.144. The molecule has 1 atom stereocenters. The molecule has 5 heteroatoms. The molecule has 0 aliphatic heterocycles. The van der Waals surface area contributed by atoms with E-state index in [1.807, 2.05) is 0 Å². The number of halogens is 2. The SMILES string of the molecule is C=Cc1cc(Br)c(F)cc1O[C@@H](C)C(=O)O. The van der Waals surface area contributed by atoms with Gasteiger partial charge in [-0.25, -0.2) is 9.18 Å². The summed E-state index contributed by atoms with van der Waals surface area (Å²) in [5.74, 6) is -1.47. The van der Waals surface area contributed by atoms with Crippen molar-refractivity contribution < 1.29 is 19.0 Å². The fourth-order valence-electron chi connectivity index (χ4n) is 1.05. The summed E-state index contributed by atoms with van der Waals surface area (Å²) < 4.78 is 18.6. The highest BCUT2D eigenvalue weighted by Gasteiger charge is 2.15. The van der Waals surface area contributed by atoms with Crippen molar-refractivity contribution in [3.8, 4) is 5.75 Å². The van der Waals surface area contributed by atoms with Gasteiger partial charge in [-0.05, 0) is 28.9 Å². The fourth-order valence-corrected chi connectivity index (χ4v) is 1.41. The number of hydrogen-bond acceptors (Lipinski definition) is 2. The Morgan fingerprint density at radius 1 is 1.69 bits per heavy atom. The molecule has 1 aromatic carbocycles. The largest absolute Gasteiger partial charge is 0.479 e. The first-order chi connectivity index (χ1) is 7.45. The van der Waals surface area contributed by atoms with Gasteiger partial charge in [0.2, 0.25) is 0 Å². The van der Waals surface area contributed by atoms with E-state index in [4.69, 9.17) is 9.84 Å². The van der Waals surface area contributed by atoms with Gasteiger partial charge in [-0.2, -0.15) is 0 Å². The van der Waals surface area contributed by atoms with Crippen LogP contribution in [0.15, 0.2) is 23.2 Å². The molecular weight excluding hydrogens is 279 g/mol. The minimum atomic E-state index is -1.11. The number of carboxylic acid groups (broad SMARTS) is 1. The van der Waals surface area contributed by atoms with Gasteiger partial charge in [-0.3, -0.25) is 0 Å². The second-order valence-corrected chi connectivity index (χ2v) is 3.96. The number of ether oxygens (including phenoxy) is 1. The van der Waals surface area contributed by atoms with Crippen molar-refractivity contribution in [2.75, 3.05) is 0 Å². The summed E-state index contributed by atoms with van der Waals surface area (Å²) in [5, 5.41) is 8.68. The number of benzene rings is 1. The molecule has 0 amide bonds. The lowest BCUT2D eigenvalue weighted by atomic mass is 10.2. The molecule has 0 aromatic heterocycles. The van der Waals surface area contributed by atoms with E-state index in [1.165, 1.54) is 19.1 Å². The monoisotopic (exact) mass is 288 g/mol. The van der Waals surface area contributed by atoms with E-state index in [2.05, 4.69) is 22.5 Å². The zero-order valence-electron chi connectivity index (χ0n) is 8.54. The van der Waals surface area contributed by atoms with Crippen LogP contribution >= 0.6 is 15.9 Å². The molecule has 0 radical (unpaired) electrons. The molecule has 0 saturated carbocycles. The Morgan fingerprint density at radius 2 is 2.31 bits per heavy atom. The molecule has 0 aliphatic carbocycles. The third-order valence-electron chi connectivity index (χ3n) is 1.92. The van der Waals surface area contributed by atoms with Gasteiger partial charge in [-0.1, -0.05) is 12.7 Å². The first-order valence-corrected chi connectivity index (χ1v) is 5.26. The van der Waals surface area contributed by atoms with E-state index in [9.17, 15) is 9.18 Å².